The van der Waals surface area contributed by atoms with E-state index in [9.17, 15) is 13.2 Å². The molecule has 118 valence electrons. The maximum absolute atomic E-state index is 12.0. The van der Waals surface area contributed by atoms with Gasteiger partial charge in [0.15, 0.2) is 0 Å². The SMILES string of the molecule is C[C@H]1OCCN[C@@H]1C(=O)NCC1(CS(C)(=O)=O)CC1.Cl. The van der Waals surface area contributed by atoms with Gasteiger partial charge in [-0.05, 0) is 19.8 Å². The number of carbonyl (C=O) groups excluding carboxylic acids is 1. The first-order valence-corrected chi connectivity index (χ1v) is 8.68. The van der Waals surface area contributed by atoms with E-state index < -0.39 is 9.84 Å². The first-order valence-electron chi connectivity index (χ1n) is 6.62. The zero-order valence-corrected chi connectivity index (χ0v) is 13.5. The Morgan fingerprint density at radius 3 is 2.60 bits per heavy atom. The summed E-state index contributed by atoms with van der Waals surface area (Å²) in [6, 6.07) is -0.345. The van der Waals surface area contributed by atoms with Crippen LogP contribution >= 0.6 is 12.4 Å². The number of nitrogens with one attached hydrogen (secondary N) is 2. The zero-order valence-electron chi connectivity index (χ0n) is 11.8. The predicted octanol–water partition coefficient (Wildman–Crippen LogP) is -0.274. The summed E-state index contributed by atoms with van der Waals surface area (Å²) in [5, 5.41) is 5.98. The minimum absolute atomic E-state index is 0. The number of ether oxygens (including phenoxy) is 1. The molecule has 1 aliphatic heterocycles. The number of amides is 1. The van der Waals surface area contributed by atoms with E-state index in [0.717, 1.165) is 12.8 Å². The third kappa shape index (κ3) is 4.87. The number of hydrogen-bond acceptors (Lipinski definition) is 5. The lowest BCUT2D eigenvalue weighted by Crippen LogP contribution is -2.56. The molecular weight excluding hydrogens is 304 g/mol. The molecule has 0 bridgehead atoms. The van der Waals surface area contributed by atoms with Gasteiger partial charge in [-0.3, -0.25) is 4.79 Å². The van der Waals surface area contributed by atoms with E-state index in [1.807, 2.05) is 6.92 Å². The highest BCUT2D eigenvalue weighted by Gasteiger charge is 2.45. The largest absolute Gasteiger partial charge is 0.375 e. The lowest BCUT2D eigenvalue weighted by atomic mass is 10.1. The number of halogens is 1. The molecule has 2 fully saturated rings. The molecule has 8 heteroatoms. The Hall–Kier alpha value is -0.370. The molecule has 1 aliphatic carbocycles. The molecule has 0 aromatic rings. The lowest BCUT2D eigenvalue weighted by molar-refractivity contribution is -0.129. The summed E-state index contributed by atoms with van der Waals surface area (Å²) in [6.07, 6.45) is 2.82. The average molecular weight is 327 g/mol. The van der Waals surface area contributed by atoms with E-state index >= 15 is 0 Å². The number of carbonyl (C=O) groups is 1. The number of rotatable bonds is 5. The van der Waals surface area contributed by atoms with Crippen LogP contribution in [0.5, 0.6) is 0 Å². The predicted molar refractivity (Wildman–Crippen MR) is 78.8 cm³/mol. The van der Waals surface area contributed by atoms with E-state index in [0.29, 0.717) is 19.7 Å². The molecule has 1 heterocycles. The quantitative estimate of drug-likeness (QED) is 0.726. The van der Waals surface area contributed by atoms with Crippen LogP contribution in [0.4, 0.5) is 0 Å². The lowest BCUT2D eigenvalue weighted by Gasteiger charge is -2.29. The highest BCUT2D eigenvalue weighted by molar-refractivity contribution is 7.90. The van der Waals surface area contributed by atoms with Crippen molar-refractivity contribution in [1.82, 2.24) is 10.6 Å². The van der Waals surface area contributed by atoms with Crippen molar-refractivity contribution >= 4 is 28.2 Å². The second kappa shape index (κ2) is 6.60. The maximum atomic E-state index is 12.0. The Balaban J connectivity index is 0.00000200. The van der Waals surface area contributed by atoms with Gasteiger partial charge in [0.25, 0.3) is 0 Å². The second-order valence-corrected chi connectivity index (χ2v) is 7.94. The molecule has 20 heavy (non-hydrogen) atoms. The molecule has 1 saturated heterocycles. The Labute approximate surface area is 126 Å². The normalized spacial score (nSPS) is 28.3. The van der Waals surface area contributed by atoms with E-state index in [-0.39, 0.29) is 41.6 Å². The Morgan fingerprint density at radius 1 is 1.45 bits per heavy atom. The topological polar surface area (TPSA) is 84.5 Å². The molecule has 0 aromatic carbocycles. The van der Waals surface area contributed by atoms with Crippen LogP contribution in [0.15, 0.2) is 0 Å². The summed E-state index contributed by atoms with van der Waals surface area (Å²) in [4.78, 5) is 12.0. The second-order valence-electron chi connectivity index (χ2n) is 5.80. The van der Waals surface area contributed by atoms with Crippen molar-refractivity contribution in [2.75, 3.05) is 31.7 Å². The molecule has 1 saturated carbocycles. The van der Waals surface area contributed by atoms with Crippen molar-refractivity contribution in [3.05, 3.63) is 0 Å². The van der Waals surface area contributed by atoms with Crippen LogP contribution in [0.1, 0.15) is 19.8 Å². The summed E-state index contributed by atoms with van der Waals surface area (Å²) < 4.78 is 28.1. The van der Waals surface area contributed by atoms with Crippen LogP contribution in [0.25, 0.3) is 0 Å². The van der Waals surface area contributed by atoms with Gasteiger partial charge in [0.05, 0.1) is 18.5 Å². The number of morpholine rings is 1. The molecule has 0 unspecified atom stereocenters. The molecule has 6 nitrogen and oxygen atoms in total. The van der Waals surface area contributed by atoms with Crippen LogP contribution in [0, 0.1) is 5.41 Å². The van der Waals surface area contributed by atoms with Crippen LogP contribution in [0.3, 0.4) is 0 Å². The highest BCUT2D eigenvalue weighted by Crippen LogP contribution is 2.46. The third-order valence-electron chi connectivity index (χ3n) is 3.76. The standard InChI is InChI=1S/C12H22N2O4S.ClH/c1-9-10(13-5-6-18-9)11(15)14-7-12(3-4-12)8-19(2,16)17;/h9-10,13H,3-8H2,1-2H3,(H,14,15);1H/t9-,10+;/m1./s1. The summed E-state index contributed by atoms with van der Waals surface area (Å²) in [6.45, 7) is 3.57. The summed E-state index contributed by atoms with van der Waals surface area (Å²) >= 11 is 0. The fraction of sp³-hybridized carbons (Fsp3) is 0.917. The minimum atomic E-state index is -2.99. The van der Waals surface area contributed by atoms with Gasteiger partial charge >= 0.3 is 0 Å². The smallest absolute Gasteiger partial charge is 0.239 e. The van der Waals surface area contributed by atoms with Crippen LogP contribution in [-0.4, -0.2) is 58.2 Å². The molecule has 2 atom stereocenters. The van der Waals surface area contributed by atoms with Gasteiger partial charge in [-0.1, -0.05) is 0 Å². The van der Waals surface area contributed by atoms with Gasteiger partial charge in [-0.15, -0.1) is 12.4 Å². The molecule has 2 N–H and O–H groups in total. The van der Waals surface area contributed by atoms with Gasteiger partial charge < -0.3 is 15.4 Å². The summed E-state index contributed by atoms with van der Waals surface area (Å²) in [5.74, 6) is 0.0525. The van der Waals surface area contributed by atoms with Crippen molar-refractivity contribution in [3.63, 3.8) is 0 Å². The van der Waals surface area contributed by atoms with Crippen molar-refractivity contribution < 1.29 is 17.9 Å². The monoisotopic (exact) mass is 326 g/mol. The fourth-order valence-electron chi connectivity index (χ4n) is 2.52. The summed E-state index contributed by atoms with van der Waals surface area (Å²) in [7, 11) is -2.99. The summed E-state index contributed by atoms with van der Waals surface area (Å²) in [5.41, 5.74) is -0.234. The van der Waals surface area contributed by atoms with Gasteiger partial charge in [-0.25, -0.2) is 8.42 Å². The number of hydrogen-bond donors (Lipinski definition) is 2. The molecule has 2 aliphatic rings. The van der Waals surface area contributed by atoms with Gasteiger partial charge in [0.2, 0.25) is 5.91 Å². The molecular formula is C12H23ClN2O4S. The maximum Gasteiger partial charge on any atom is 0.239 e. The molecule has 0 aromatic heterocycles. The first-order chi connectivity index (χ1) is 8.81. The van der Waals surface area contributed by atoms with E-state index in [2.05, 4.69) is 10.6 Å². The van der Waals surface area contributed by atoms with Crippen LogP contribution in [0.2, 0.25) is 0 Å². The Bertz CT molecular complexity index is 450. The van der Waals surface area contributed by atoms with Crippen molar-refractivity contribution in [2.24, 2.45) is 5.41 Å². The van der Waals surface area contributed by atoms with Crippen LogP contribution < -0.4 is 10.6 Å². The average Bonchev–Trinajstić information content (AvgIpc) is 3.04. The molecule has 1 amide bonds. The Kier molecular flexibility index (Phi) is 5.83. The van der Waals surface area contributed by atoms with Crippen molar-refractivity contribution in [2.45, 2.75) is 31.9 Å². The molecule has 0 radical (unpaired) electrons. The minimum Gasteiger partial charge on any atom is -0.375 e. The molecule has 0 spiro atoms. The van der Waals surface area contributed by atoms with Gasteiger partial charge in [-0.2, -0.15) is 0 Å². The van der Waals surface area contributed by atoms with E-state index in [1.165, 1.54) is 6.26 Å². The highest BCUT2D eigenvalue weighted by atomic mass is 35.5. The van der Waals surface area contributed by atoms with E-state index in [1.54, 1.807) is 0 Å². The van der Waals surface area contributed by atoms with E-state index in [4.69, 9.17) is 4.74 Å². The first kappa shape index (κ1) is 17.7. The number of sulfone groups is 1. The van der Waals surface area contributed by atoms with Crippen molar-refractivity contribution in [1.29, 1.82) is 0 Å². The molecule has 2 rings (SSSR count). The Morgan fingerprint density at radius 2 is 2.10 bits per heavy atom. The van der Waals surface area contributed by atoms with Gasteiger partial charge in [0, 0.05) is 24.8 Å². The third-order valence-corrected chi connectivity index (χ3v) is 4.90. The van der Waals surface area contributed by atoms with Gasteiger partial charge in [0.1, 0.15) is 15.9 Å². The van der Waals surface area contributed by atoms with Crippen LogP contribution in [-0.2, 0) is 19.4 Å². The zero-order chi connectivity index (χ0) is 14.1. The fourth-order valence-corrected chi connectivity index (χ4v) is 4.02. The van der Waals surface area contributed by atoms with Crippen molar-refractivity contribution in [3.8, 4) is 0 Å².